The molecule has 0 saturated heterocycles. The summed E-state index contributed by atoms with van der Waals surface area (Å²) in [7, 11) is 0. The van der Waals surface area contributed by atoms with Crippen molar-refractivity contribution in [3.63, 3.8) is 0 Å². The highest BCUT2D eigenvalue weighted by atomic mass is 32.2. The van der Waals surface area contributed by atoms with Crippen molar-refractivity contribution in [2.24, 2.45) is 0 Å². The quantitative estimate of drug-likeness (QED) is 0.331. The first-order valence-electron chi connectivity index (χ1n) is 4.28. The molecule has 0 N–H and O–H groups in total. The summed E-state index contributed by atoms with van der Waals surface area (Å²) < 4.78 is 13.2. The van der Waals surface area contributed by atoms with Crippen LogP contribution in [0, 0.1) is 5.82 Å². The van der Waals surface area contributed by atoms with Gasteiger partial charge >= 0.3 is 0 Å². The normalized spacial score (nSPS) is 9.93. The van der Waals surface area contributed by atoms with E-state index in [9.17, 15) is 4.39 Å². The van der Waals surface area contributed by atoms with Crippen LogP contribution in [0.3, 0.4) is 0 Å². The van der Waals surface area contributed by atoms with E-state index in [0.29, 0.717) is 15.9 Å². The van der Waals surface area contributed by atoms with Crippen LogP contribution in [0.2, 0.25) is 0 Å². The van der Waals surface area contributed by atoms with Crippen molar-refractivity contribution in [3.8, 4) is 0 Å². The van der Waals surface area contributed by atoms with Gasteiger partial charge in [-0.1, -0.05) is 35.7 Å². The molecule has 0 aliphatic carbocycles. The molecular weight excluding hydrogens is 231 g/mol. The third-order valence-corrected chi connectivity index (χ3v) is 3.18. The Kier molecular flexibility index (Phi) is 5.42. The zero-order valence-corrected chi connectivity index (χ0v) is 9.78. The van der Waals surface area contributed by atoms with Gasteiger partial charge in [0.25, 0.3) is 0 Å². The van der Waals surface area contributed by atoms with Gasteiger partial charge in [0.1, 0.15) is 5.03 Å². The maximum Gasteiger partial charge on any atom is 0.189 e. The lowest BCUT2D eigenvalue weighted by molar-refractivity contribution is 0.567. The van der Waals surface area contributed by atoms with E-state index in [1.165, 1.54) is 29.7 Å². The van der Waals surface area contributed by atoms with E-state index >= 15 is 0 Å². The average molecular weight is 242 g/mol. The van der Waals surface area contributed by atoms with Crippen LogP contribution in [0.25, 0.3) is 0 Å². The molecule has 0 aliphatic rings. The molecule has 0 spiro atoms. The van der Waals surface area contributed by atoms with E-state index in [4.69, 9.17) is 0 Å². The molecule has 0 fully saturated rings. The third kappa shape index (κ3) is 4.05. The fraction of sp³-hybridized carbons (Fsp3) is 0.200. The van der Waals surface area contributed by atoms with Gasteiger partial charge < -0.3 is 0 Å². The molecule has 1 aromatic heterocycles. The topological polar surface area (TPSA) is 25.8 Å². The summed E-state index contributed by atoms with van der Waals surface area (Å²) in [5, 5.41) is 0.944. The SMILES string of the molecule is C=CCSc1ncc(F)c(SCC=C)n1. The van der Waals surface area contributed by atoms with Gasteiger partial charge in [-0.3, -0.25) is 0 Å². The highest BCUT2D eigenvalue weighted by molar-refractivity contribution is 8.00. The van der Waals surface area contributed by atoms with Crippen molar-refractivity contribution in [1.82, 2.24) is 9.97 Å². The zero-order chi connectivity index (χ0) is 11.1. The Labute approximate surface area is 97.1 Å². The van der Waals surface area contributed by atoms with Crippen molar-refractivity contribution in [1.29, 1.82) is 0 Å². The molecule has 0 atom stereocenters. The van der Waals surface area contributed by atoms with Crippen molar-refractivity contribution in [2.75, 3.05) is 11.5 Å². The summed E-state index contributed by atoms with van der Waals surface area (Å²) in [6, 6.07) is 0. The number of rotatable bonds is 6. The second-order valence-electron chi connectivity index (χ2n) is 2.51. The minimum absolute atomic E-state index is 0.372. The van der Waals surface area contributed by atoms with Crippen molar-refractivity contribution in [2.45, 2.75) is 10.2 Å². The highest BCUT2D eigenvalue weighted by Crippen LogP contribution is 2.22. The molecule has 0 aliphatic heterocycles. The van der Waals surface area contributed by atoms with Gasteiger partial charge in [-0.25, -0.2) is 14.4 Å². The molecule has 15 heavy (non-hydrogen) atoms. The van der Waals surface area contributed by atoms with Crippen molar-refractivity contribution in [3.05, 3.63) is 37.3 Å². The molecule has 0 amide bonds. The Morgan fingerprint density at radius 2 is 1.93 bits per heavy atom. The van der Waals surface area contributed by atoms with Crippen molar-refractivity contribution < 1.29 is 4.39 Å². The van der Waals surface area contributed by atoms with Gasteiger partial charge in [0.05, 0.1) is 6.20 Å². The number of thioether (sulfide) groups is 2. The highest BCUT2D eigenvalue weighted by Gasteiger charge is 2.06. The first-order valence-corrected chi connectivity index (χ1v) is 6.25. The minimum atomic E-state index is -0.384. The fourth-order valence-corrected chi connectivity index (χ4v) is 2.00. The zero-order valence-electron chi connectivity index (χ0n) is 8.15. The van der Waals surface area contributed by atoms with Gasteiger partial charge in [-0.2, -0.15) is 0 Å². The molecule has 1 aromatic rings. The van der Waals surface area contributed by atoms with E-state index in [1.54, 1.807) is 12.2 Å². The molecule has 80 valence electrons. The lowest BCUT2D eigenvalue weighted by Crippen LogP contribution is -1.93. The van der Waals surface area contributed by atoms with Gasteiger partial charge in [-0.15, -0.1) is 13.2 Å². The van der Waals surface area contributed by atoms with Gasteiger partial charge in [0.15, 0.2) is 11.0 Å². The predicted octanol–water partition coefficient (Wildman–Crippen LogP) is 3.17. The van der Waals surface area contributed by atoms with Crippen LogP contribution in [0.5, 0.6) is 0 Å². The number of hydrogen-bond donors (Lipinski definition) is 0. The van der Waals surface area contributed by atoms with Crippen LogP contribution in [-0.4, -0.2) is 21.5 Å². The Hall–Kier alpha value is -0.810. The Morgan fingerprint density at radius 1 is 1.27 bits per heavy atom. The second-order valence-corrected chi connectivity index (χ2v) is 4.50. The van der Waals surface area contributed by atoms with E-state index in [2.05, 4.69) is 23.1 Å². The average Bonchev–Trinajstić information content (AvgIpc) is 2.26. The maximum atomic E-state index is 13.2. The lowest BCUT2D eigenvalue weighted by atomic mass is 10.6. The van der Waals surface area contributed by atoms with Crippen LogP contribution >= 0.6 is 23.5 Å². The molecule has 0 saturated carbocycles. The van der Waals surface area contributed by atoms with E-state index in [0.717, 1.165) is 5.75 Å². The molecule has 0 radical (unpaired) electrons. The fourth-order valence-electron chi connectivity index (χ4n) is 0.778. The standard InChI is InChI=1S/C10H11FN2S2/c1-3-5-14-9-8(11)7-12-10(13-9)15-6-4-2/h3-4,7H,1-2,5-6H2. The molecule has 5 heteroatoms. The van der Waals surface area contributed by atoms with E-state index in [1.807, 2.05) is 0 Å². The number of hydrogen-bond acceptors (Lipinski definition) is 4. The molecule has 0 unspecified atom stereocenters. The van der Waals surface area contributed by atoms with E-state index < -0.39 is 0 Å². The van der Waals surface area contributed by atoms with Crippen LogP contribution < -0.4 is 0 Å². The first kappa shape index (κ1) is 12.3. The summed E-state index contributed by atoms with van der Waals surface area (Å²) >= 11 is 2.74. The molecular formula is C10H11FN2S2. The summed E-state index contributed by atoms with van der Waals surface area (Å²) in [6.07, 6.45) is 4.67. The summed E-state index contributed by atoms with van der Waals surface area (Å²) in [4.78, 5) is 7.97. The maximum absolute atomic E-state index is 13.2. The largest absolute Gasteiger partial charge is 0.228 e. The molecule has 1 heterocycles. The Bertz CT molecular complexity index is 355. The number of aromatic nitrogens is 2. The lowest BCUT2D eigenvalue weighted by Gasteiger charge is -2.02. The first-order chi connectivity index (χ1) is 7.27. The molecule has 0 bridgehead atoms. The molecule has 0 aromatic carbocycles. The summed E-state index contributed by atoms with van der Waals surface area (Å²) in [5.41, 5.74) is 0. The van der Waals surface area contributed by atoms with Gasteiger partial charge in [0.2, 0.25) is 0 Å². The Balaban J connectivity index is 2.74. The minimum Gasteiger partial charge on any atom is -0.228 e. The number of nitrogens with zero attached hydrogens (tertiary/aromatic N) is 2. The second kappa shape index (κ2) is 6.63. The van der Waals surface area contributed by atoms with Gasteiger partial charge in [0, 0.05) is 11.5 Å². The predicted molar refractivity (Wildman–Crippen MR) is 63.8 cm³/mol. The van der Waals surface area contributed by atoms with Crippen molar-refractivity contribution >= 4 is 23.5 Å². The smallest absolute Gasteiger partial charge is 0.189 e. The third-order valence-electron chi connectivity index (χ3n) is 1.36. The van der Waals surface area contributed by atoms with Crippen LogP contribution in [0.15, 0.2) is 41.7 Å². The summed E-state index contributed by atoms with van der Waals surface area (Å²) in [5.74, 6) is 0.973. The monoisotopic (exact) mass is 242 g/mol. The van der Waals surface area contributed by atoms with Crippen LogP contribution in [-0.2, 0) is 0 Å². The van der Waals surface area contributed by atoms with Crippen LogP contribution in [0.4, 0.5) is 4.39 Å². The van der Waals surface area contributed by atoms with Crippen LogP contribution in [0.1, 0.15) is 0 Å². The molecule has 1 rings (SSSR count). The van der Waals surface area contributed by atoms with E-state index in [-0.39, 0.29) is 5.82 Å². The number of halogens is 1. The summed E-state index contributed by atoms with van der Waals surface area (Å²) in [6.45, 7) is 7.17. The molecule has 2 nitrogen and oxygen atoms in total. The van der Waals surface area contributed by atoms with Gasteiger partial charge in [-0.05, 0) is 0 Å². The Morgan fingerprint density at radius 3 is 2.60 bits per heavy atom.